The van der Waals surface area contributed by atoms with Crippen molar-refractivity contribution in [3.63, 3.8) is 0 Å². The van der Waals surface area contributed by atoms with Crippen molar-refractivity contribution in [2.24, 2.45) is 5.92 Å². The second-order valence-corrected chi connectivity index (χ2v) is 8.52. The molecular weight excluding hydrogens is 397 g/mol. The standard InChI is InChI=1S/C24H30FN3O3/c1-16(2)12-20(26-23(30)18-8-10-19(25)11-9-18)24(31)27-21-14-28(15-22(21)29)13-17-6-4-3-5-7-17/h3-11,16,20-22,29H,12-15H2,1-2H3,(H,26,30)(H,27,31)/t20-,21?,22?/m0/s1. The van der Waals surface area contributed by atoms with Crippen LogP contribution in [0.4, 0.5) is 4.39 Å². The molecule has 31 heavy (non-hydrogen) atoms. The van der Waals surface area contributed by atoms with Gasteiger partial charge in [0.1, 0.15) is 11.9 Å². The lowest BCUT2D eigenvalue weighted by Crippen LogP contribution is -2.52. The van der Waals surface area contributed by atoms with E-state index in [1.807, 2.05) is 44.2 Å². The first-order chi connectivity index (χ1) is 14.8. The zero-order chi connectivity index (χ0) is 22.4. The summed E-state index contributed by atoms with van der Waals surface area (Å²) in [5, 5.41) is 16.1. The predicted octanol–water partition coefficient (Wildman–Crippen LogP) is 2.33. The number of benzene rings is 2. The molecule has 3 atom stereocenters. The van der Waals surface area contributed by atoms with Crippen LogP contribution in [0.1, 0.15) is 36.2 Å². The van der Waals surface area contributed by atoms with E-state index in [0.717, 1.165) is 5.56 Å². The largest absolute Gasteiger partial charge is 0.390 e. The fraction of sp³-hybridized carbons (Fsp3) is 0.417. The summed E-state index contributed by atoms with van der Waals surface area (Å²) in [6.45, 7) is 5.63. The molecule has 7 heteroatoms. The van der Waals surface area contributed by atoms with Crippen molar-refractivity contribution >= 4 is 11.8 Å². The second-order valence-electron chi connectivity index (χ2n) is 8.52. The molecule has 2 unspecified atom stereocenters. The number of halogens is 1. The summed E-state index contributed by atoms with van der Waals surface area (Å²) < 4.78 is 13.1. The highest BCUT2D eigenvalue weighted by molar-refractivity contribution is 5.97. The first-order valence-corrected chi connectivity index (χ1v) is 10.6. The number of amides is 2. The van der Waals surface area contributed by atoms with Crippen molar-refractivity contribution in [1.82, 2.24) is 15.5 Å². The minimum Gasteiger partial charge on any atom is -0.390 e. The zero-order valence-corrected chi connectivity index (χ0v) is 17.9. The van der Waals surface area contributed by atoms with Gasteiger partial charge in [0.25, 0.3) is 5.91 Å². The Morgan fingerprint density at radius 2 is 1.77 bits per heavy atom. The molecule has 1 aliphatic rings. The Kier molecular flexibility index (Phi) is 7.76. The topological polar surface area (TPSA) is 81.7 Å². The van der Waals surface area contributed by atoms with Gasteiger partial charge in [0.15, 0.2) is 0 Å². The van der Waals surface area contributed by atoms with E-state index in [1.54, 1.807) is 0 Å². The van der Waals surface area contributed by atoms with Crippen LogP contribution in [0.2, 0.25) is 0 Å². The summed E-state index contributed by atoms with van der Waals surface area (Å²) in [6, 6.07) is 14.0. The van der Waals surface area contributed by atoms with E-state index in [9.17, 15) is 19.1 Å². The van der Waals surface area contributed by atoms with Crippen molar-refractivity contribution in [1.29, 1.82) is 0 Å². The monoisotopic (exact) mass is 427 g/mol. The van der Waals surface area contributed by atoms with Crippen LogP contribution in [0, 0.1) is 11.7 Å². The molecule has 0 saturated carbocycles. The third-order valence-corrected chi connectivity index (χ3v) is 5.38. The molecule has 1 heterocycles. The van der Waals surface area contributed by atoms with Crippen LogP contribution in [0.15, 0.2) is 54.6 Å². The van der Waals surface area contributed by atoms with Crippen LogP contribution >= 0.6 is 0 Å². The first kappa shape index (κ1) is 22.9. The van der Waals surface area contributed by atoms with Crippen molar-refractivity contribution in [2.75, 3.05) is 13.1 Å². The molecule has 0 spiro atoms. The molecule has 0 bridgehead atoms. The Labute approximate surface area is 182 Å². The third-order valence-electron chi connectivity index (χ3n) is 5.38. The van der Waals surface area contributed by atoms with Gasteiger partial charge < -0.3 is 15.7 Å². The molecule has 6 nitrogen and oxygen atoms in total. The summed E-state index contributed by atoms with van der Waals surface area (Å²) in [6.07, 6.45) is -0.227. The lowest BCUT2D eigenvalue weighted by Gasteiger charge is -2.24. The van der Waals surface area contributed by atoms with E-state index in [-0.39, 0.29) is 17.4 Å². The third kappa shape index (κ3) is 6.60. The maximum Gasteiger partial charge on any atom is 0.251 e. The average molecular weight is 428 g/mol. The maximum absolute atomic E-state index is 13.1. The highest BCUT2D eigenvalue weighted by Crippen LogP contribution is 2.15. The van der Waals surface area contributed by atoms with Crippen LogP contribution in [0.25, 0.3) is 0 Å². The average Bonchev–Trinajstić information content (AvgIpc) is 3.06. The Morgan fingerprint density at radius 3 is 2.42 bits per heavy atom. The van der Waals surface area contributed by atoms with E-state index in [0.29, 0.717) is 26.1 Å². The van der Waals surface area contributed by atoms with Crippen LogP contribution < -0.4 is 10.6 Å². The van der Waals surface area contributed by atoms with Gasteiger partial charge in [-0.25, -0.2) is 4.39 Å². The van der Waals surface area contributed by atoms with Crippen molar-refractivity contribution in [3.05, 3.63) is 71.5 Å². The summed E-state index contributed by atoms with van der Waals surface area (Å²) >= 11 is 0. The van der Waals surface area contributed by atoms with Gasteiger partial charge in [0, 0.05) is 25.2 Å². The molecule has 3 rings (SSSR count). The van der Waals surface area contributed by atoms with Crippen molar-refractivity contribution in [3.8, 4) is 0 Å². The number of hydrogen-bond donors (Lipinski definition) is 3. The molecule has 0 radical (unpaired) electrons. The number of nitrogens with zero attached hydrogens (tertiary/aromatic N) is 1. The van der Waals surface area contributed by atoms with Crippen LogP contribution in [0.3, 0.4) is 0 Å². The van der Waals surface area contributed by atoms with Crippen molar-refractivity contribution < 1.29 is 19.1 Å². The molecule has 2 amide bonds. The Hall–Kier alpha value is -2.77. The predicted molar refractivity (Wildman–Crippen MR) is 117 cm³/mol. The van der Waals surface area contributed by atoms with Crippen molar-refractivity contribution in [2.45, 2.75) is 45.0 Å². The minimum absolute atomic E-state index is 0.173. The summed E-state index contributed by atoms with van der Waals surface area (Å²) in [5.41, 5.74) is 1.43. The van der Waals surface area contributed by atoms with Crippen LogP contribution in [-0.4, -0.2) is 53.1 Å². The number of likely N-dealkylation sites (tertiary alicyclic amines) is 1. The molecule has 1 saturated heterocycles. The molecule has 0 aliphatic carbocycles. The van der Waals surface area contributed by atoms with E-state index in [4.69, 9.17) is 0 Å². The number of aliphatic hydroxyl groups excluding tert-OH is 1. The number of aliphatic hydroxyl groups is 1. The fourth-order valence-corrected chi connectivity index (χ4v) is 3.81. The van der Waals surface area contributed by atoms with Gasteiger partial charge in [-0.1, -0.05) is 44.2 Å². The van der Waals surface area contributed by atoms with Crippen LogP contribution in [0.5, 0.6) is 0 Å². The molecule has 2 aromatic rings. The van der Waals surface area contributed by atoms with Crippen LogP contribution in [-0.2, 0) is 11.3 Å². The normalized spacial score (nSPS) is 19.9. The minimum atomic E-state index is -0.743. The second kappa shape index (κ2) is 10.5. The van der Waals surface area contributed by atoms with Gasteiger partial charge in [-0.15, -0.1) is 0 Å². The van der Waals surface area contributed by atoms with E-state index >= 15 is 0 Å². The van der Waals surface area contributed by atoms with Gasteiger partial charge in [0.2, 0.25) is 5.91 Å². The number of β-amino-alcohol motifs (C(OH)–C–C–N with tert-alkyl or cyclic N) is 1. The van der Waals surface area contributed by atoms with Gasteiger partial charge in [-0.05, 0) is 42.2 Å². The molecule has 2 aromatic carbocycles. The van der Waals surface area contributed by atoms with E-state index in [1.165, 1.54) is 24.3 Å². The maximum atomic E-state index is 13.1. The number of carbonyl (C=O) groups excluding carboxylic acids is 2. The molecule has 1 fully saturated rings. The first-order valence-electron chi connectivity index (χ1n) is 10.6. The van der Waals surface area contributed by atoms with Gasteiger partial charge in [0.05, 0.1) is 12.1 Å². The summed E-state index contributed by atoms with van der Waals surface area (Å²) in [4.78, 5) is 27.6. The lowest BCUT2D eigenvalue weighted by atomic mass is 10.0. The number of carbonyl (C=O) groups is 2. The Morgan fingerprint density at radius 1 is 1.10 bits per heavy atom. The fourth-order valence-electron chi connectivity index (χ4n) is 3.81. The summed E-state index contributed by atoms with van der Waals surface area (Å²) in [7, 11) is 0. The lowest BCUT2D eigenvalue weighted by molar-refractivity contribution is -0.124. The van der Waals surface area contributed by atoms with Gasteiger partial charge in [-0.3, -0.25) is 14.5 Å². The molecular formula is C24H30FN3O3. The Bertz CT molecular complexity index is 873. The quantitative estimate of drug-likeness (QED) is 0.604. The zero-order valence-electron chi connectivity index (χ0n) is 17.9. The number of hydrogen-bond acceptors (Lipinski definition) is 4. The van der Waals surface area contributed by atoms with E-state index < -0.39 is 29.9 Å². The number of rotatable bonds is 8. The molecule has 3 N–H and O–H groups in total. The Balaban J connectivity index is 1.60. The van der Waals surface area contributed by atoms with Gasteiger partial charge >= 0.3 is 0 Å². The van der Waals surface area contributed by atoms with Gasteiger partial charge in [-0.2, -0.15) is 0 Å². The number of nitrogens with one attached hydrogen (secondary N) is 2. The summed E-state index contributed by atoms with van der Waals surface area (Å²) in [5.74, 6) is -1.01. The SMILES string of the molecule is CC(C)C[C@H](NC(=O)c1ccc(F)cc1)C(=O)NC1CN(Cc2ccccc2)CC1O. The molecule has 166 valence electrons. The van der Waals surface area contributed by atoms with E-state index in [2.05, 4.69) is 15.5 Å². The highest BCUT2D eigenvalue weighted by Gasteiger charge is 2.34. The smallest absolute Gasteiger partial charge is 0.251 e. The highest BCUT2D eigenvalue weighted by atomic mass is 19.1. The molecule has 1 aliphatic heterocycles. The molecule has 0 aromatic heterocycles.